The Morgan fingerprint density at radius 2 is 2.18 bits per heavy atom. The number of aliphatic hydroxyl groups is 1. The van der Waals surface area contributed by atoms with Crippen LogP contribution >= 0.6 is 23.2 Å². The molecule has 0 aliphatic carbocycles. The Bertz CT molecular complexity index is 485. The van der Waals surface area contributed by atoms with Gasteiger partial charge in [-0.05, 0) is 26.5 Å². The van der Waals surface area contributed by atoms with E-state index >= 15 is 0 Å². The van der Waals surface area contributed by atoms with Crippen LogP contribution in [0.4, 0.5) is 0 Å². The molecule has 121 valence electrons. The molecule has 3 unspecified atom stereocenters. The first-order valence-electron chi connectivity index (χ1n) is 7.41. The second-order valence-corrected chi connectivity index (χ2v) is 6.66. The first-order valence-corrected chi connectivity index (χ1v) is 9.07. The van der Waals surface area contributed by atoms with Gasteiger partial charge in [0.1, 0.15) is 22.5 Å². The van der Waals surface area contributed by atoms with Crippen molar-refractivity contribution in [1.29, 1.82) is 2.57 Å². The maximum absolute atomic E-state index is 9.69. The number of hydrogen-bond donors (Lipinski definition) is 1. The third-order valence-corrected chi connectivity index (χ3v) is 3.76. The first-order chi connectivity index (χ1) is 10.7. The van der Waals surface area contributed by atoms with E-state index in [1.54, 1.807) is 25.1 Å². The molecule has 1 radical (unpaired) electrons. The van der Waals surface area contributed by atoms with Crippen LogP contribution in [0.3, 0.4) is 0 Å². The Hall–Kier alpha value is 0.974. The maximum Gasteiger partial charge on any atom is 0.129 e. The Morgan fingerprint density at radius 1 is 1.55 bits per heavy atom. The number of rotatable bonds is 10. The van der Waals surface area contributed by atoms with E-state index in [2.05, 4.69) is 0 Å². The molecule has 22 heavy (non-hydrogen) atoms. The summed E-state index contributed by atoms with van der Waals surface area (Å²) in [4.78, 5) is 0. The molecule has 1 aromatic rings. The molecule has 0 fully saturated rings. The topological polar surface area (TPSA) is 47.9 Å². The van der Waals surface area contributed by atoms with Crippen molar-refractivity contribution < 1.29 is 50.1 Å². The average molecular weight is 590 g/mol. The second kappa shape index (κ2) is 12.4. The van der Waals surface area contributed by atoms with Gasteiger partial charge in [0.15, 0.2) is 0 Å². The molecule has 1 N–H and O–H groups in total. The third-order valence-electron chi connectivity index (χ3n) is 2.43. The van der Waals surface area contributed by atoms with E-state index in [-0.39, 0.29) is 44.3 Å². The minimum atomic E-state index is -2.87. The van der Waals surface area contributed by atoms with E-state index in [0.29, 0.717) is 15.6 Å². The van der Waals surface area contributed by atoms with Gasteiger partial charge in [-0.2, -0.15) is 6.61 Å². The van der Waals surface area contributed by atoms with Gasteiger partial charge >= 0.3 is 0 Å². The fourth-order valence-corrected chi connectivity index (χ4v) is 2.31. The van der Waals surface area contributed by atoms with Crippen molar-refractivity contribution in [3.05, 3.63) is 40.4 Å². The number of aliphatic hydroxyl groups excluding tert-OH is 1. The summed E-state index contributed by atoms with van der Waals surface area (Å²) in [6, 6.07) is 5.18. The number of benzene rings is 1. The van der Waals surface area contributed by atoms with Gasteiger partial charge in [0.2, 0.25) is 0 Å². The fraction of sp³-hybridized carbons (Fsp3) is 0.462. The van der Waals surface area contributed by atoms with Crippen LogP contribution < -0.4 is 0 Å². The van der Waals surface area contributed by atoms with Gasteiger partial charge in [-0.15, -0.1) is 0 Å². The molecular formula is C13H19BCl2O4SiU-. The summed E-state index contributed by atoms with van der Waals surface area (Å²) in [5.41, 5.74) is 0.664. The van der Waals surface area contributed by atoms with E-state index in [1.807, 2.05) is 0 Å². The molecule has 0 aromatic heterocycles. The number of ether oxygens (including phenoxy) is 2. The summed E-state index contributed by atoms with van der Waals surface area (Å²) in [6.45, 7) is 4.44. The molecule has 0 aliphatic rings. The van der Waals surface area contributed by atoms with Gasteiger partial charge < -0.3 is 19.0 Å². The smallest absolute Gasteiger partial charge is 0.129 e. The van der Waals surface area contributed by atoms with Crippen molar-refractivity contribution in [3.63, 3.8) is 0 Å². The van der Waals surface area contributed by atoms with Crippen LogP contribution in [-0.2, 0) is 20.5 Å². The van der Waals surface area contributed by atoms with Crippen LogP contribution in [-0.4, -0.2) is 42.9 Å². The van der Waals surface area contributed by atoms with Crippen LogP contribution in [0.1, 0.15) is 12.5 Å². The molecule has 4 nitrogen and oxygen atoms in total. The molecule has 0 spiro atoms. The Morgan fingerprint density at radius 3 is 2.77 bits per heavy atom. The molecule has 0 saturated carbocycles. The molecule has 0 aliphatic heterocycles. The van der Waals surface area contributed by atoms with Crippen molar-refractivity contribution in [2.24, 2.45) is 0 Å². The van der Waals surface area contributed by atoms with E-state index < -0.39 is 21.2 Å². The van der Waals surface area contributed by atoms with Crippen LogP contribution in [0.2, 0.25) is 16.6 Å². The van der Waals surface area contributed by atoms with Crippen molar-refractivity contribution in [1.82, 2.24) is 0 Å². The van der Waals surface area contributed by atoms with Crippen LogP contribution in [0.15, 0.2) is 18.2 Å². The number of halogens is 2. The first kappa shape index (κ1) is 19.3. The molecule has 0 heterocycles. The summed E-state index contributed by atoms with van der Waals surface area (Å²) in [5, 5.41) is 10.7. The van der Waals surface area contributed by atoms with E-state index in [9.17, 15) is 5.11 Å². The predicted molar refractivity (Wildman–Crippen MR) is 88.2 cm³/mol. The molecule has 3 atom stereocenters. The normalized spacial score (nSPS) is 17.5. The summed E-state index contributed by atoms with van der Waals surface area (Å²) in [5.74, 6) is 0. The molecule has 0 bridgehead atoms. The van der Waals surface area contributed by atoms with Crippen molar-refractivity contribution in [2.75, 3.05) is 6.61 Å². The van der Waals surface area contributed by atoms with E-state index in [0.717, 1.165) is 7.40 Å². The number of hydrogen-bond acceptors (Lipinski definition) is 4. The summed E-state index contributed by atoms with van der Waals surface area (Å²) >= 11 is 12.1. The zero-order chi connectivity index (χ0) is 17.5. The largest absolute Gasteiger partial charge is 0.527 e. The molecule has 9 heteroatoms. The SMILES string of the molecule is [2H][Si](C)([B][3H])OCC(O)[CH-]OC(C)OCc1c(Cl)cccc1Cl.[U]. The van der Waals surface area contributed by atoms with E-state index in [4.69, 9.17) is 39.7 Å². The van der Waals surface area contributed by atoms with Gasteiger partial charge in [0.25, 0.3) is 0 Å². The molecule has 1 rings (SSSR count). The van der Waals surface area contributed by atoms with Gasteiger partial charge in [-0.3, -0.25) is 0 Å². The van der Waals surface area contributed by atoms with Gasteiger partial charge in [0, 0.05) is 54.6 Å². The van der Waals surface area contributed by atoms with Crippen molar-refractivity contribution in [2.45, 2.75) is 32.5 Å². The molecule has 1 aromatic carbocycles. The average Bonchev–Trinajstić information content (AvgIpc) is 2.50. The zero-order valence-electron chi connectivity index (χ0n) is 14.4. The Labute approximate surface area is 170 Å². The van der Waals surface area contributed by atoms with Gasteiger partial charge in [0.05, 0.1) is 6.61 Å². The predicted octanol–water partition coefficient (Wildman–Crippen LogP) is 2.16. The third kappa shape index (κ3) is 9.31. The Balaban J connectivity index is 0.00000529. The van der Waals surface area contributed by atoms with Crippen LogP contribution in [0.5, 0.6) is 0 Å². The van der Waals surface area contributed by atoms with Gasteiger partial charge in [-0.1, -0.05) is 35.8 Å². The minimum absolute atomic E-state index is 0. The maximum atomic E-state index is 9.69. The van der Waals surface area contributed by atoms with Crippen molar-refractivity contribution >= 4 is 39.4 Å². The summed E-state index contributed by atoms with van der Waals surface area (Å²) in [7, 11) is -1.90. The summed E-state index contributed by atoms with van der Waals surface area (Å²) < 4.78 is 30.6. The molecule has 0 saturated heterocycles. The quantitative estimate of drug-likeness (QED) is 0.258. The Kier molecular flexibility index (Phi) is 10.8. The summed E-state index contributed by atoms with van der Waals surface area (Å²) in [6.07, 6.45) is -1.64. The minimum Gasteiger partial charge on any atom is -0.527 e. The van der Waals surface area contributed by atoms with Crippen molar-refractivity contribution in [3.8, 4) is 0 Å². The standard InChI is InChI=1S/C13H19BCl2O4Si.U/c1-9(18-6-10(17)7-20-21(2)14)19-8-11-12(15)4-3-5-13(11)16;/h3-6,9-10,14,17,21H,7-8H2,1-2H3;/q-1;/i14T,21D;. The molecule has 0 amide bonds. The van der Waals surface area contributed by atoms with Gasteiger partial charge in [-0.25, -0.2) is 0 Å². The monoisotopic (exact) mass is 589 g/mol. The van der Waals surface area contributed by atoms with E-state index in [1.165, 1.54) is 13.2 Å². The second-order valence-electron chi connectivity index (χ2n) is 4.34. The zero-order valence-corrected chi connectivity index (χ0v) is 19.1. The van der Waals surface area contributed by atoms with Crippen LogP contribution in [0, 0.1) is 37.7 Å². The van der Waals surface area contributed by atoms with Crippen LogP contribution in [0.25, 0.3) is 0 Å². The molecular weight excluding hydrogens is 568 g/mol. The fourth-order valence-electron chi connectivity index (χ4n) is 1.37.